The predicted octanol–water partition coefficient (Wildman–Crippen LogP) is -0.791. The van der Waals surface area contributed by atoms with Gasteiger partial charge in [0.15, 0.2) is 0 Å². The highest BCUT2D eigenvalue weighted by atomic mass is 32.2. The van der Waals surface area contributed by atoms with Crippen molar-refractivity contribution in [3.63, 3.8) is 0 Å². The average molecular weight is 247 g/mol. The summed E-state index contributed by atoms with van der Waals surface area (Å²) >= 11 is 1.22. The van der Waals surface area contributed by atoms with Crippen LogP contribution in [-0.4, -0.2) is 39.0 Å². The van der Waals surface area contributed by atoms with Crippen molar-refractivity contribution < 1.29 is 21.1 Å². The van der Waals surface area contributed by atoms with E-state index in [2.05, 4.69) is 5.73 Å². The molecule has 6 heteroatoms. The summed E-state index contributed by atoms with van der Waals surface area (Å²) < 4.78 is 0. The molecule has 92 valence electrons. The minimum absolute atomic E-state index is 0.335. The highest BCUT2D eigenvalue weighted by Gasteiger charge is 2.26. The van der Waals surface area contributed by atoms with E-state index in [0.717, 1.165) is 0 Å². The number of aliphatic hydroxyl groups is 3. The van der Waals surface area contributed by atoms with E-state index in [1.807, 2.05) is 13.0 Å². The lowest BCUT2D eigenvalue weighted by molar-refractivity contribution is -0.448. The van der Waals surface area contributed by atoms with Crippen molar-refractivity contribution in [2.45, 2.75) is 38.2 Å². The molecule has 0 amide bonds. The molecule has 0 aliphatic heterocycles. The van der Waals surface area contributed by atoms with Gasteiger partial charge in [-0.2, -0.15) is 5.26 Å². The molecular formula is C10H19N2O3S+. The molecule has 0 aromatic rings. The smallest absolute Gasteiger partial charge is 0.206 e. The predicted molar refractivity (Wildman–Crippen MR) is 62.0 cm³/mol. The average Bonchev–Trinajstić information content (AvgIpc) is 2.23. The van der Waals surface area contributed by atoms with Gasteiger partial charge < -0.3 is 21.1 Å². The zero-order valence-corrected chi connectivity index (χ0v) is 10.4. The Morgan fingerprint density at radius 2 is 2.19 bits per heavy atom. The first-order valence-corrected chi connectivity index (χ1v) is 5.98. The van der Waals surface area contributed by atoms with Crippen LogP contribution in [0.1, 0.15) is 20.3 Å². The van der Waals surface area contributed by atoms with E-state index in [0.29, 0.717) is 17.1 Å². The summed E-state index contributed by atoms with van der Waals surface area (Å²) in [7, 11) is 0. The van der Waals surface area contributed by atoms with Gasteiger partial charge in [0.1, 0.15) is 6.04 Å². The third-order valence-corrected chi connectivity index (χ3v) is 3.75. The van der Waals surface area contributed by atoms with Gasteiger partial charge in [0.25, 0.3) is 0 Å². The lowest BCUT2D eigenvalue weighted by Crippen LogP contribution is -2.67. The molecule has 0 radical (unpaired) electrons. The molecule has 0 bridgehead atoms. The van der Waals surface area contributed by atoms with Gasteiger partial charge in [-0.3, -0.25) is 0 Å². The van der Waals surface area contributed by atoms with E-state index in [1.54, 1.807) is 6.92 Å². The van der Waals surface area contributed by atoms with Crippen LogP contribution in [0.15, 0.2) is 11.0 Å². The molecule has 6 N–H and O–H groups in total. The molecule has 2 atom stereocenters. The van der Waals surface area contributed by atoms with Crippen molar-refractivity contribution in [1.82, 2.24) is 0 Å². The van der Waals surface area contributed by atoms with Crippen molar-refractivity contribution in [2.24, 2.45) is 0 Å². The molecule has 0 aliphatic carbocycles. The van der Waals surface area contributed by atoms with Gasteiger partial charge in [-0.15, -0.1) is 11.8 Å². The number of nitriles is 1. The minimum Gasteiger partial charge on any atom is -0.385 e. The lowest BCUT2D eigenvalue weighted by atomic mass is 10.0. The largest absolute Gasteiger partial charge is 0.385 e. The van der Waals surface area contributed by atoms with E-state index in [-0.39, 0.29) is 0 Å². The van der Waals surface area contributed by atoms with Crippen molar-refractivity contribution in [3.05, 3.63) is 11.0 Å². The maximum atomic E-state index is 9.98. The Bertz CT molecular complexity index is 284. The summed E-state index contributed by atoms with van der Waals surface area (Å²) in [6, 6.07) is 1.32. The van der Waals surface area contributed by atoms with Gasteiger partial charge in [0.05, 0.1) is 17.4 Å². The van der Waals surface area contributed by atoms with Crippen LogP contribution in [0.4, 0.5) is 0 Å². The molecule has 5 nitrogen and oxygen atoms in total. The summed E-state index contributed by atoms with van der Waals surface area (Å²) in [6.45, 7) is 3.44. The molecule has 0 rings (SSSR count). The van der Waals surface area contributed by atoms with Gasteiger partial charge in [0, 0.05) is 11.0 Å². The van der Waals surface area contributed by atoms with Gasteiger partial charge >= 0.3 is 0 Å². The molecule has 0 saturated carbocycles. The van der Waals surface area contributed by atoms with Crippen LogP contribution in [0.5, 0.6) is 0 Å². The summed E-state index contributed by atoms with van der Waals surface area (Å²) in [5, 5.41) is 36.3. The van der Waals surface area contributed by atoms with Crippen molar-refractivity contribution >= 4 is 11.8 Å². The Morgan fingerprint density at radius 3 is 2.56 bits per heavy atom. The number of hydrogen-bond donors (Lipinski definition) is 4. The van der Waals surface area contributed by atoms with Crippen LogP contribution in [0.2, 0.25) is 0 Å². The number of allylic oxidation sites excluding steroid dienone is 1. The topological polar surface area (TPSA) is 112 Å². The Hall–Kier alpha value is -0.580. The highest BCUT2D eigenvalue weighted by Crippen LogP contribution is 2.30. The van der Waals surface area contributed by atoms with Crippen LogP contribution >= 0.6 is 11.8 Å². The zero-order valence-electron chi connectivity index (χ0n) is 9.55. The van der Waals surface area contributed by atoms with Gasteiger partial charge in [-0.25, -0.2) is 0 Å². The Labute approximate surface area is 99.6 Å². The van der Waals surface area contributed by atoms with Gasteiger partial charge in [0.2, 0.25) is 6.29 Å². The summed E-state index contributed by atoms with van der Waals surface area (Å²) in [6.07, 6.45) is 0.282. The van der Waals surface area contributed by atoms with E-state index < -0.39 is 17.9 Å². The van der Waals surface area contributed by atoms with Crippen molar-refractivity contribution in [2.75, 3.05) is 5.75 Å². The molecule has 0 heterocycles. The van der Waals surface area contributed by atoms with Crippen LogP contribution < -0.4 is 5.73 Å². The Kier molecular flexibility index (Phi) is 6.64. The maximum Gasteiger partial charge on any atom is 0.206 e. The maximum absolute atomic E-state index is 9.98. The first kappa shape index (κ1) is 15.4. The summed E-state index contributed by atoms with van der Waals surface area (Å²) in [4.78, 5) is 0.520. The molecule has 0 aromatic carbocycles. The van der Waals surface area contributed by atoms with Crippen LogP contribution in [0.3, 0.4) is 0 Å². The zero-order chi connectivity index (χ0) is 12.8. The van der Waals surface area contributed by atoms with Crippen LogP contribution in [0, 0.1) is 11.3 Å². The first-order chi connectivity index (χ1) is 7.35. The number of nitrogens with zero attached hydrogens (tertiary/aromatic N) is 1. The van der Waals surface area contributed by atoms with E-state index in [9.17, 15) is 5.11 Å². The number of thioether (sulfide) groups is 1. The number of rotatable bonds is 6. The molecule has 16 heavy (non-hydrogen) atoms. The molecule has 0 aromatic heterocycles. The normalized spacial score (nSPS) is 18.0. The summed E-state index contributed by atoms with van der Waals surface area (Å²) in [5.41, 5.74) is 2.51. The first-order valence-electron chi connectivity index (χ1n) is 4.99. The van der Waals surface area contributed by atoms with E-state index in [1.165, 1.54) is 17.8 Å². The molecule has 0 fully saturated rings. The van der Waals surface area contributed by atoms with Crippen molar-refractivity contribution in [1.29, 1.82) is 5.26 Å². The monoisotopic (exact) mass is 247 g/mol. The molecule has 0 saturated heterocycles. The fraction of sp³-hybridized carbons (Fsp3) is 0.700. The number of hydrogen-bond acceptors (Lipinski definition) is 5. The SMILES string of the molecule is CCC(C)(O)/C(=C/C#N)SC[C@H]([NH3+])C(O)O. The van der Waals surface area contributed by atoms with Crippen LogP contribution in [-0.2, 0) is 0 Å². The highest BCUT2D eigenvalue weighted by molar-refractivity contribution is 8.03. The second-order valence-electron chi connectivity index (χ2n) is 3.75. The second kappa shape index (κ2) is 6.89. The molecule has 0 spiro atoms. The van der Waals surface area contributed by atoms with Gasteiger partial charge in [-0.05, 0) is 13.3 Å². The molecular weight excluding hydrogens is 228 g/mol. The standard InChI is InChI=1S/C10H18N2O3S/c1-3-10(2,15)8(4-5-11)16-6-7(12)9(13)14/h4,7,9,13-15H,3,6,12H2,1-2H3/p+1/b8-4-/t7-,10?/m0/s1. The molecule has 1 unspecified atom stereocenters. The minimum atomic E-state index is -1.48. The molecule has 0 aliphatic rings. The van der Waals surface area contributed by atoms with E-state index in [4.69, 9.17) is 15.5 Å². The summed E-state index contributed by atoms with van der Waals surface area (Å²) in [5.74, 6) is 0.335. The lowest BCUT2D eigenvalue weighted by Gasteiger charge is -2.24. The van der Waals surface area contributed by atoms with Gasteiger partial charge in [-0.1, -0.05) is 6.92 Å². The van der Waals surface area contributed by atoms with Crippen molar-refractivity contribution in [3.8, 4) is 6.07 Å². The number of aliphatic hydroxyl groups excluding tert-OH is 1. The number of quaternary nitrogens is 1. The second-order valence-corrected chi connectivity index (χ2v) is 4.81. The third-order valence-electron chi connectivity index (χ3n) is 2.29. The van der Waals surface area contributed by atoms with Crippen LogP contribution in [0.25, 0.3) is 0 Å². The third kappa shape index (κ3) is 4.96. The fourth-order valence-electron chi connectivity index (χ4n) is 0.868. The Morgan fingerprint density at radius 1 is 1.62 bits per heavy atom. The fourth-order valence-corrected chi connectivity index (χ4v) is 2.03. The van der Waals surface area contributed by atoms with E-state index >= 15 is 0 Å². The quantitative estimate of drug-likeness (QED) is 0.363. The Balaban J connectivity index is 4.51.